The lowest BCUT2D eigenvalue weighted by Crippen LogP contribution is -2.50. The van der Waals surface area contributed by atoms with E-state index >= 15 is 0 Å². The van der Waals surface area contributed by atoms with E-state index in [1.165, 1.54) is 180 Å². The second kappa shape index (κ2) is 51.6. The number of hydrogen-bond donors (Lipinski definition) is 1. The molecule has 402 valence electrons. The average molecular weight is 972 g/mol. The zero-order valence-electron chi connectivity index (χ0n) is 46.0. The Morgan fingerprint density at radius 2 is 0.812 bits per heavy atom. The molecule has 0 aromatic carbocycles. The number of hydrogen-bond acceptors (Lipinski definition) is 6. The van der Waals surface area contributed by atoms with Crippen LogP contribution in [-0.4, -0.2) is 80.6 Å². The molecule has 8 heteroatoms. The molecule has 0 aliphatic heterocycles. The molecule has 0 fully saturated rings. The molecule has 0 spiro atoms. The normalized spacial score (nSPS) is 13.1. The molecule has 0 bridgehead atoms. The number of aliphatic carboxylic acids is 1. The fourth-order valence-corrected chi connectivity index (χ4v) is 8.75. The molecule has 0 aliphatic rings. The van der Waals surface area contributed by atoms with Crippen molar-refractivity contribution in [3.8, 4) is 0 Å². The van der Waals surface area contributed by atoms with Gasteiger partial charge in [0, 0.05) is 19.3 Å². The van der Waals surface area contributed by atoms with E-state index in [2.05, 4.69) is 62.5 Å². The number of rotatable bonds is 53. The van der Waals surface area contributed by atoms with Crippen LogP contribution < -0.4 is 0 Å². The lowest BCUT2D eigenvalue weighted by atomic mass is 10.0. The van der Waals surface area contributed by atoms with Crippen LogP contribution in [0.1, 0.15) is 271 Å². The van der Waals surface area contributed by atoms with Crippen LogP contribution in [0.2, 0.25) is 0 Å². The van der Waals surface area contributed by atoms with Gasteiger partial charge in [0.15, 0.2) is 12.1 Å². The van der Waals surface area contributed by atoms with E-state index in [9.17, 15) is 19.5 Å². The number of carbonyl (C=O) groups is 3. The van der Waals surface area contributed by atoms with Gasteiger partial charge in [-0.3, -0.25) is 9.59 Å². The van der Waals surface area contributed by atoms with Gasteiger partial charge in [0.1, 0.15) is 6.61 Å². The summed E-state index contributed by atoms with van der Waals surface area (Å²) in [5.74, 6) is -1.46. The zero-order valence-corrected chi connectivity index (χ0v) is 46.0. The number of unbranched alkanes of at least 4 members (excludes halogenated alkanes) is 31. The van der Waals surface area contributed by atoms with Gasteiger partial charge in [-0.2, -0.15) is 0 Å². The molecule has 0 rings (SSSR count). The Kier molecular flexibility index (Phi) is 49.6. The van der Waals surface area contributed by atoms with Gasteiger partial charge in [-0.1, -0.05) is 229 Å². The van der Waals surface area contributed by atoms with Crippen LogP contribution in [-0.2, 0) is 28.6 Å². The fraction of sp³-hybridized carbons (Fsp3) is 0.820. The zero-order chi connectivity index (χ0) is 50.6. The average Bonchev–Trinajstić information content (AvgIpc) is 3.31. The van der Waals surface area contributed by atoms with Crippen molar-refractivity contribution < 1.29 is 38.2 Å². The van der Waals surface area contributed by atoms with Gasteiger partial charge in [0.05, 0.1) is 34.4 Å². The van der Waals surface area contributed by atoms with Crippen LogP contribution in [0, 0.1) is 0 Å². The molecule has 2 unspecified atom stereocenters. The smallest absolute Gasteiger partial charge is 0.362 e. The summed E-state index contributed by atoms with van der Waals surface area (Å²) < 4.78 is 17.4. The van der Waals surface area contributed by atoms with Gasteiger partial charge in [-0.05, 0) is 70.6 Å². The number of quaternary nitrogens is 1. The molecule has 0 radical (unpaired) electrons. The monoisotopic (exact) mass is 971 g/mol. The van der Waals surface area contributed by atoms with E-state index in [-0.39, 0.29) is 36.2 Å². The first-order valence-electron chi connectivity index (χ1n) is 29.2. The quantitative estimate of drug-likeness (QED) is 0.0280. The number of carbonyl (C=O) groups excluding carboxylic acids is 2. The van der Waals surface area contributed by atoms with Crippen LogP contribution in [0.25, 0.3) is 0 Å². The molecule has 2 atom stereocenters. The van der Waals surface area contributed by atoms with Crippen molar-refractivity contribution in [3.05, 3.63) is 48.6 Å². The third-order valence-electron chi connectivity index (χ3n) is 13.2. The van der Waals surface area contributed by atoms with Crippen LogP contribution in [0.5, 0.6) is 0 Å². The summed E-state index contributed by atoms with van der Waals surface area (Å²) >= 11 is 0. The van der Waals surface area contributed by atoms with Gasteiger partial charge in [0.2, 0.25) is 0 Å². The van der Waals surface area contributed by atoms with E-state index in [1.54, 1.807) is 0 Å². The molecule has 0 aromatic heterocycles. The maximum absolute atomic E-state index is 12.8. The van der Waals surface area contributed by atoms with E-state index in [1.807, 2.05) is 21.1 Å². The van der Waals surface area contributed by atoms with Crippen LogP contribution in [0.3, 0.4) is 0 Å². The summed E-state index contributed by atoms with van der Waals surface area (Å²) in [6, 6.07) is -0.617. The molecular formula is C61H112NO7+. The standard InChI is InChI=1S/C61H111NO7/c1-6-8-10-12-14-16-18-20-22-24-26-28-30-32-34-36-38-40-42-44-46-48-50-52-60(64)69-57(55-67-54-53-58(61(65)66)62(3,4)5)56-68-59(63)51-49-47-45-43-41-39-37-35-33-31-29-27-25-23-21-19-17-15-13-11-9-7-2/h8,10,14,16,20,22,31,33,57-58H,6-7,9,11-13,15,17-19,21,23-30,32,34-56H2,1-5H3/p+1/b10-8+,16-14+,22-20+,33-31+. The van der Waals surface area contributed by atoms with Crippen LogP contribution in [0.4, 0.5) is 0 Å². The SMILES string of the molecule is CC/C=C/C/C=C/C/C=C/CCCCCCCCCCCCCCCC(=O)OC(COCCC(C(=O)O)[N+](C)(C)C)COC(=O)CCCCCCCCC/C=C/CCCCCCCCCCCCC. The maximum atomic E-state index is 12.8. The molecule has 69 heavy (non-hydrogen) atoms. The minimum atomic E-state index is -0.873. The highest BCUT2D eigenvalue weighted by Crippen LogP contribution is 2.17. The number of allylic oxidation sites excluding steroid dienone is 8. The Morgan fingerprint density at radius 3 is 1.22 bits per heavy atom. The Hall–Kier alpha value is -2.71. The van der Waals surface area contributed by atoms with E-state index in [0.29, 0.717) is 19.3 Å². The summed E-state index contributed by atoms with van der Waals surface area (Å²) in [6.45, 7) is 4.67. The molecule has 0 amide bonds. The van der Waals surface area contributed by atoms with Crippen molar-refractivity contribution in [2.24, 2.45) is 0 Å². The summed E-state index contributed by atoms with van der Waals surface area (Å²) in [5, 5.41) is 9.68. The minimum absolute atomic E-state index is 0.0518. The summed E-state index contributed by atoms with van der Waals surface area (Å²) in [5.41, 5.74) is 0. The van der Waals surface area contributed by atoms with Gasteiger partial charge in [0.25, 0.3) is 0 Å². The first kappa shape index (κ1) is 66.3. The van der Waals surface area contributed by atoms with E-state index in [0.717, 1.165) is 57.8 Å². The molecule has 0 saturated heterocycles. The molecule has 8 nitrogen and oxygen atoms in total. The van der Waals surface area contributed by atoms with Crippen molar-refractivity contribution in [1.29, 1.82) is 0 Å². The van der Waals surface area contributed by atoms with Gasteiger partial charge in [-0.25, -0.2) is 4.79 Å². The van der Waals surface area contributed by atoms with Crippen molar-refractivity contribution in [3.63, 3.8) is 0 Å². The number of ether oxygens (including phenoxy) is 3. The van der Waals surface area contributed by atoms with E-state index < -0.39 is 18.1 Å². The summed E-state index contributed by atoms with van der Waals surface area (Å²) in [6.07, 6.45) is 64.6. The molecule has 1 N–H and O–H groups in total. The van der Waals surface area contributed by atoms with Crippen LogP contribution in [0.15, 0.2) is 48.6 Å². The molecule has 0 aromatic rings. The summed E-state index contributed by atoms with van der Waals surface area (Å²) in [4.78, 5) is 37.3. The number of likely N-dealkylation sites (N-methyl/N-ethyl adjacent to an activating group) is 1. The lowest BCUT2D eigenvalue weighted by Gasteiger charge is -2.31. The van der Waals surface area contributed by atoms with E-state index in [4.69, 9.17) is 14.2 Å². The highest BCUT2D eigenvalue weighted by Gasteiger charge is 2.31. The Bertz CT molecular complexity index is 1270. The first-order chi connectivity index (χ1) is 33.6. The lowest BCUT2D eigenvalue weighted by molar-refractivity contribution is -0.887. The van der Waals surface area contributed by atoms with Gasteiger partial charge in [-0.15, -0.1) is 0 Å². The predicted molar refractivity (Wildman–Crippen MR) is 294 cm³/mol. The second-order valence-corrected chi connectivity index (χ2v) is 20.9. The van der Waals surface area contributed by atoms with Crippen LogP contribution >= 0.6 is 0 Å². The molecule has 0 saturated carbocycles. The van der Waals surface area contributed by atoms with Gasteiger partial charge >= 0.3 is 17.9 Å². The minimum Gasteiger partial charge on any atom is -0.477 e. The highest BCUT2D eigenvalue weighted by molar-refractivity contribution is 5.72. The fourth-order valence-electron chi connectivity index (χ4n) is 8.75. The van der Waals surface area contributed by atoms with Crippen molar-refractivity contribution in [2.45, 2.75) is 283 Å². The van der Waals surface area contributed by atoms with Gasteiger partial charge < -0.3 is 23.8 Å². The third-order valence-corrected chi connectivity index (χ3v) is 13.2. The Balaban J connectivity index is 4.15. The number of nitrogens with zero attached hydrogens (tertiary/aromatic N) is 1. The molecule has 0 heterocycles. The third kappa shape index (κ3) is 50.0. The molecule has 0 aliphatic carbocycles. The maximum Gasteiger partial charge on any atom is 0.362 e. The topological polar surface area (TPSA) is 99.1 Å². The van der Waals surface area contributed by atoms with Crippen molar-refractivity contribution >= 4 is 17.9 Å². The van der Waals surface area contributed by atoms with Crippen molar-refractivity contribution in [2.75, 3.05) is 41.0 Å². The first-order valence-corrected chi connectivity index (χ1v) is 29.2. The molecular weight excluding hydrogens is 859 g/mol. The summed E-state index contributed by atoms with van der Waals surface area (Å²) in [7, 11) is 5.55. The second-order valence-electron chi connectivity index (χ2n) is 20.9. The number of carboxylic acids is 1. The van der Waals surface area contributed by atoms with Crippen molar-refractivity contribution in [1.82, 2.24) is 0 Å². The Morgan fingerprint density at radius 1 is 0.449 bits per heavy atom. The highest BCUT2D eigenvalue weighted by atomic mass is 16.6. The Labute approximate surface area is 426 Å². The number of esters is 2. The number of carboxylic acid groups (broad SMARTS) is 1. The largest absolute Gasteiger partial charge is 0.477 e. The predicted octanol–water partition coefficient (Wildman–Crippen LogP) is 17.5.